The molecule has 0 N–H and O–H groups in total. The van der Waals surface area contributed by atoms with Gasteiger partial charge in [-0.1, -0.05) is 0 Å². The predicted molar refractivity (Wildman–Crippen MR) is 40.7 cm³/mol. The van der Waals surface area contributed by atoms with Gasteiger partial charge in [-0.05, 0) is 13.8 Å². The van der Waals surface area contributed by atoms with Crippen LogP contribution in [-0.4, -0.2) is 9.55 Å². The first-order valence-corrected chi connectivity index (χ1v) is 3.41. The molecule has 0 fully saturated rings. The zero-order chi connectivity index (χ0) is 6.85. The number of imidazole rings is 1. The molecular formula is C6H10N2S. The number of hydrogen-bond acceptors (Lipinski definition) is 2. The fraction of sp³-hybridized carbons (Fsp3) is 0.500. The van der Waals surface area contributed by atoms with Gasteiger partial charge in [-0.25, -0.2) is 4.98 Å². The summed E-state index contributed by atoms with van der Waals surface area (Å²) in [4.78, 5) is 4.05. The molecule has 1 heterocycles. The summed E-state index contributed by atoms with van der Waals surface area (Å²) in [6.07, 6.45) is 3.70. The molecule has 1 aromatic heterocycles. The lowest BCUT2D eigenvalue weighted by atomic mass is 10.6. The highest BCUT2D eigenvalue weighted by Gasteiger charge is 1.98. The summed E-state index contributed by atoms with van der Waals surface area (Å²) in [5.74, 6) is 1.01. The Morgan fingerprint density at radius 3 is 2.67 bits per heavy atom. The van der Waals surface area contributed by atoms with E-state index < -0.39 is 0 Å². The summed E-state index contributed by atoms with van der Waals surface area (Å²) in [5.41, 5.74) is 0. The number of aryl methyl sites for hydroxylation is 1. The Kier molecular flexibility index (Phi) is 1.81. The minimum absolute atomic E-state index is 0.229. The van der Waals surface area contributed by atoms with Crippen LogP contribution >= 0.6 is 12.6 Å². The molecule has 0 saturated heterocycles. The van der Waals surface area contributed by atoms with E-state index in [1.165, 1.54) is 0 Å². The van der Waals surface area contributed by atoms with Crippen molar-refractivity contribution < 1.29 is 0 Å². The van der Waals surface area contributed by atoms with E-state index in [9.17, 15) is 0 Å². The van der Waals surface area contributed by atoms with E-state index in [0.29, 0.717) is 0 Å². The maximum Gasteiger partial charge on any atom is 0.106 e. The largest absolute Gasteiger partial charge is 0.323 e. The summed E-state index contributed by atoms with van der Waals surface area (Å²) in [7, 11) is 0. The molecule has 0 aliphatic rings. The second kappa shape index (κ2) is 2.43. The molecule has 0 radical (unpaired) electrons. The van der Waals surface area contributed by atoms with E-state index in [1.807, 2.05) is 24.6 Å². The minimum Gasteiger partial charge on any atom is -0.323 e. The molecular weight excluding hydrogens is 132 g/mol. The molecule has 0 aliphatic heterocycles. The van der Waals surface area contributed by atoms with Gasteiger partial charge in [0, 0.05) is 12.4 Å². The van der Waals surface area contributed by atoms with E-state index in [-0.39, 0.29) is 5.37 Å². The van der Waals surface area contributed by atoms with Crippen LogP contribution in [0.4, 0.5) is 0 Å². The molecule has 1 rings (SSSR count). The number of thiol groups is 1. The van der Waals surface area contributed by atoms with Crippen LogP contribution in [0.3, 0.4) is 0 Å². The van der Waals surface area contributed by atoms with Gasteiger partial charge in [-0.15, -0.1) is 0 Å². The molecule has 0 aromatic carbocycles. The van der Waals surface area contributed by atoms with Gasteiger partial charge in [-0.2, -0.15) is 12.6 Å². The monoisotopic (exact) mass is 142 g/mol. The molecule has 9 heavy (non-hydrogen) atoms. The van der Waals surface area contributed by atoms with Crippen molar-refractivity contribution in [2.75, 3.05) is 0 Å². The van der Waals surface area contributed by atoms with Crippen LogP contribution in [0.5, 0.6) is 0 Å². The molecule has 50 valence electrons. The predicted octanol–water partition coefficient (Wildman–Crippen LogP) is 1.64. The van der Waals surface area contributed by atoms with Crippen molar-refractivity contribution >= 4 is 12.6 Å². The zero-order valence-corrected chi connectivity index (χ0v) is 6.47. The van der Waals surface area contributed by atoms with Crippen LogP contribution in [0, 0.1) is 6.92 Å². The van der Waals surface area contributed by atoms with Crippen molar-refractivity contribution in [1.29, 1.82) is 0 Å². The fourth-order valence-electron chi connectivity index (χ4n) is 0.783. The normalized spacial score (nSPS) is 13.7. The smallest absolute Gasteiger partial charge is 0.106 e. The minimum atomic E-state index is 0.229. The Bertz CT molecular complexity index is 193. The second-order valence-corrected chi connectivity index (χ2v) is 2.76. The van der Waals surface area contributed by atoms with Crippen molar-refractivity contribution in [2.24, 2.45) is 0 Å². The first kappa shape index (κ1) is 6.68. The molecule has 2 nitrogen and oxygen atoms in total. The fourth-order valence-corrected chi connectivity index (χ4v) is 1.03. The van der Waals surface area contributed by atoms with E-state index >= 15 is 0 Å². The third-order valence-corrected chi connectivity index (χ3v) is 1.51. The molecule has 0 spiro atoms. The SMILES string of the molecule is Cc1nccn1C(C)S. The zero-order valence-electron chi connectivity index (χ0n) is 5.57. The summed E-state index contributed by atoms with van der Waals surface area (Å²) < 4.78 is 2.00. The van der Waals surface area contributed by atoms with Crippen LogP contribution in [0.15, 0.2) is 12.4 Å². The number of nitrogens with zero attached hydrogens (tertiary/aromatic N) is 2. The van der Waals surface area contributed by atoms with E-state index in [0.717, 1.165) is 5.82 Å². The third kappa shape index (κ3) is 1.27. The lowest BCUT2D eigenvalue weighted by Gasteiger charge is -2.06. The quantitative estimate of drug-likeness (QED) is 0.590. The van der Waals surface area contributed by atoms with E-state index in [4.69, 9.17) is 0 Å². The summed E-state index contributed by atoms with van der Waals surface area (Å²) in [6.45, 7) is 3.98. The van der Waals surface area contributed by atoms with Crippen LogP contribution in [0.2, 0.25) is 0 Å². The molecule has 1 aromatic rings. The number of aromatic nitrogens is 2. The number of hydrogen-bond donors (Lipinski definition) is 1. The highest BCUT2D eigenvalue weighted by Crippen LogP contribution is 2.10. The van der Waals surface area contributed by atoms with Crippen molar-refractivity contribution in [3.8, 4) is 0 Å². The lowest BCUT2D eigenvalue weighted by molar-refractivity contribution is 0.715. The lowest BCUT2D eigenvalue weighted by Crippen LogP contribution is -1.98. The Labute approximate surface area is 60.3 Å². The maximum absolute atomic E-state index is 4.25. The first-order valence-electron chi connectivity index (χ1n) is 2.89. The first-order chi connectivity index (χ1) is 4.22. The van der Waals surface area contributed by atoms with E-state index in [1.54, 1.807) is 6.20 Å². The standard InChI is InChI=1S/C6H10N2S/c1-5-7-3-4-8(5)6(2)9/h3-4,6,9H,1-2H3. The van der Waals surface area contributed by atoms with Crippen LogP contribution < -0.4 is 0 Å². The van der Waals surface area contributed by atoms with Gasteiger partial charge < -0.3 is 4.57 Å². The molecule has 1 atom stereocenters. The molecule has 0 amide bonds. The average Bonchev–Trinajstić information content (AvgIpc) is 2.13. The van der Waals surface area contributed by atoms with Gasteiger partial charge >= 0.3 is 0 Å². The van der Waals surface area contributed by atoms with Gasteiger partial charge in [0.1, 0.15) is 5.82 Å². The average molecular weight is 142 g/mol. The van der Waals surface area contributed by atoms with Crippen molar-refractivity contribution in [2.45, 2.75) is 19.2 Å². The van der Waals surface area contributed by atoms with Gasteiger partial charge in [-0.3, -0.25) is 0 Å². The van der Waals surface area contributed by atoms with Crippen molar-refractivity contribution in [1.82, 2.24) is 9.55 Å². The van der Waals surface area contributed by atoms with Gasteiger partial charge in [0.05, 0.1) is 5.37 Å². The summed E-state index contributed by atoms with van der Waals surface area (Å²) in [6, 6.07) is 0. The molecule has 0 aliphatic carbocycles. The Morgan fingerprint density at radius 1 is 1.78 bits per heavy atom. The Morgan fingerprint density at radius 2 is 2.44 bits per heavy atom. The van der Waals surface area contributed by atoms with Crippen LogP contribution in [0.1, 0.15) is 18.1 Å². The van der Waals surface area contributed by atoms with E-state index in [2.05, 4.69) is 17.6 Å². The van der Waals surface area contributed by atoms with Gasteiger partial charge in [0.15, 0.2) is 0 Å². The van der Waals surface area contributed by atoms with Gasteiger partial charge in [0.25, 0.3) is 0 Å². The number of rotatable bonds is 1. The van der Waals surface area contributed by atoms with Crippen molar-refractivity contribution in [3.05, 3.63) is 18.2 Å². The molecule has 3 heteroatoms. The summed E-state index contributed by atoms with van der Waals surface area (Å²) >= 11 is 4.25. The molecule has 0 bridgehead atoms. The molecule has 0 saturated carbocycles. The second-order valence-electron chi connectivity index (χ2n) is 2.01. The molecule has 1 unspecified atom stereocenters. The maximum atomic E-state index is 4.25. The third-order valence-electron chi connectivity index (χ3n) is 1.26. The Hall–Kier alpha value is -0.440. The van der Waals surface area contributed by atoms with Crippen LogP contribution in [-0.2, 0) is 0 Å². The van der Waals surface area contributed by atoms with Gasteiger partial charge in [0.2, 0.25) is 0 Å². The Balaban J connectivity index is 2.94. The summed E-state index contributed by atoms with van der Waals surface area (Å²) in [5, 5.41) is 0.229. The highest BCUT2D eigenvalue weighted by molar-refractivity contribution is 7.80. The van der Waals surface area contributed by atoms with Crippen molar-refractivity contribution in [3.63, 3.8) is 0 Å². The van der Waals surface area contributed by atoms with Crippen LogP contribution in [0.25, 0.3) is 0 Å². The highest BCUT2D eigenvalue weighted by atomic mass is 32.1. The topological polar surface area (TPSA) is 17.8 Å².